The number of piperazine rings is 1. The summed E-state index contributed by atoms with van der Waals surface area (Å²) in [4.78, 5) is 20.4. The molecule has 2 aromatic heterocycles. The van der Waals surface area contributed by atoms with E-state index in [4.69, 9.17) is 9.47 Å². The molecule has 0 radical (unpaired) electrons. The van der Waals surface area contributed by atoms with Crippen LogP contribution in [0.1, 0.15) is 0 Å². The van der Waals surface area contributed by atoms with Gasteiger partial charge in [-0.05, 0) is 24.3 Å². The van der Waals surface area contributed by atoms with E-state index in [-0.39, 0.29) is 12.5 Å². The SMILES string of the molecule is COc1ccccc1OCC(=O)N1CCN(c2ccc(-n3ccnc3)nn2)CC1. The minimum absolute atomic E-state index is 0.0141. The molecular weight excluding hydrogens is 372 g/mol. The Morgan fingerprint density at radius 3 is 2.38 bits per heavy atom. The summed E-state index contributed by atoms with van der Waals surface area (Å²) in [5.41, 5.74) is 0. The monoisotopic (exact) mass is 394 g/mol. The maximum absolute atomic E-state index is 12.5. The van der Waals surface area contributed by atoms with Crippen molar-refractivity contribution in [1.29, 1.82) is 0 Å². The molecule has 4 rings (SSSR count). The van der Waals surface area contributed by atoms with Gasteiger partial charge in [0.15, 0.2) is 29.7 Å². The van der Waals surface area contributed by atoms with E-state index in [1.165, 1.54) is 0 Å². The maximum Gasteiger partial charge on any atom is 0.260 e. The summed E-state index contributed by atoms with van der Waals surface area (Å²) in [6.07, 6.45) is 5.20. The molecule has 0 unspecified atom stereocenters. The third-order valence-corrected chi connectivity index (χ3v) is 4.78. The van der Waals surface area contributed by atoms with Crippen LogP contribution in [0.5, 0.6) is 11.5 Å². The maximum atomic E-state index is 12.5. The van der Waals surface area contributed by atoms with Crippen molar-refractivity contribution in [1.82, 2.24) is 24.6 Å². The van der Waals surface area contributed by atoms with Crippen LogP contribution in [-0.4, -0.2) is 70.5 Å². The fourth-order valence-corrected chi connectivity index (χ4v) is 3.17. The van der Waals surface area contributed by atoms with Crippen molar-refractivity contribution < 1.29 is 14.3 Å². The highest BCUT2D eigenvalue weighted by Crippen LogP contribution is 2.25. The third-order valence-electron chi connectivity index (χ3n) is 4.78. The van der Waals surface area contributed by atoms with Crippen molar-refractivity contribution in [2.45, 2.75) is 0 Å². The lowest BCUT2D eigenvalue weighted by molar-refractivity contribution is -0.133. The summed E-state index contributed by atoms with van der Waals surface area (Å²) in [5, 5.41) is 8.56. The smallest absolute Gasteiger partial charge is 0.260 e. The Hall–Kier alpha value is -3.62. The van der Waals surface area contributed by atoms with Crippen molar-refractivity contribution in [3.63, 3.8) is 0 Å². The van der Waals surface area contributed by atoms with Gasteiger partial charge in [-0.25, -0.2) is 4.98 Å². The average molecular weight is 394 g/mol. The molecule has 9 nitrogen and oxygen atoms in total. The third kappa shape index (κ3) is 4.29. The predicted octanol–water partition coefficient (Wildman–Crippen LogP) is 1.40. The summed E-state index contributed by atoms with van der Waals surface area (Å²) in [6.45, 7) is 2.59. The van der Waals surface area contributed by atoms with Crippen molar-refractivity contribution in [2.75, 3.05) is 44.8 Å². The molecule has 1 aliphatic rings. The summed E-state index contributed by atoms with van der Waals surface area (Å²) < 4.78 is 12.7. The van der Waals surface area contributed by atoms with E-state index in [0.29, 0.717) is 43.5 Å². The largest absolute Gasteiger partial charge is 0.493 e. The minimum Gasteiger partial charge on any atom is -0.493 e. The summed E-state index contributed by atoms with van der Waals surface area (Å²) in [6, 6.07) is 11.1. The van der Waals surface area contributed by atoms with E-state index < -0.39 is 0 Å². The van der Waals surface area contributed by atoms with Gasteiger partial charge in [-0.2, -0.15) is 0 Å². The Labute approximate surface area is 168 Å². The van der Waals surface area contributed by atoms with Crippen LogP contribution in [0.4, 0.5) is 5.82 Å². The molecule has 0 saturated carbocycles. The minimum atomic E-state index is -0.0444. The molecule has 1 aliphatic heterocycles. The fraction of sp³-hybridized carbons (Fsp3) is 0.300. The molecule has 150 valence electrons. The number of amides is 1. The Balaban J connectivity index is 1.29. The van der Waals surface area contributed by atoms with Crippen LogP contribution < -0.4 is 14.4 Å². The number of carbonyl (C=O) groups excluding carboxylic acids is 1. The summed E-state index contributed by atoms with van der Waals surface area (Å²) >= 11 is 0. The highest BCUT2D eigenvalue weighted by atomic mass is 16.5. The zero-order chi connectivity index (χ0) is 20.1. The van der Waals surface area contributed by atoms with Gasteiger partial charge in [-0.3, -0.25) is 9.36 Å². The van der Waals surface area contributed by atoms with Crippen LogP contribution >= 0.6 is 0 Å². The lowest BCUT2D eigenvalue weighted by atomic mass is 10.3. The van der Waals surface area contributed by atoms with Gasteiger partial charge in [-0.15, -0.1) is 10.2 Å². The fourth-order valence-electron chi connectivity index (χ4n) is 3.17. The van der Waals surface area contributed by atoms with Crippen LogP contribution in [-0.2, 0) is 4.79 Å². The van der Waals surface area contributed by atoms with Crippen molar-refractivity contribution >= 4 is 11.7 Å². The molecular formula is C20H22N6O3. The number of aromatic nitrogens is 4. The molecule has 0 N–H and O–H groups in total. The van der Waals surface area contributed by atoms with E-state index in [0.717, 1.165) is 5.82 Å². The second-order valence-electron chi connectivity index (χ2n) is 6.53. The molecule has 3 aromatic rings. The van der Waals surface area contributed by atoms with Crippen molar-refractivity contribution in [3.05, 3.63) is 55.1 Å². The number of carbonyl (C=O) groups is 1. The molecule has 29 heavy (non-hydrogen) atoms. The standard InChI is InChI=1S/C20H22N6O3/c1-28-16-4-2-3-5-17(16)29-14-20(27)25-12-10-24(11-13-25)18-6-7-19(23-22-18)26-9-8-21-15-26/h2-9,15H,10-14H2,1H3. The van der Waals surface area contributed by atoms with Crippen molar-refractivity contribution in [2.24, 2.45) is 0 Å². The molecule has 0 atom stereocenters. The zero-order valence-corrected chi connectivity index (χ0v) is 16.1. The quantitative estimate of drug-likeness (QED) is 0.625. The number of methoxy groups -OCH3 is 1. The highest BCUT2D eigenvalue weighted by Gasteiger charge is 2.22. The number of rotatable bonds is 6. The van der Waals surface area contributed by atoms with Crippen LogP contribution in [0.3, 0.4) is 0 Å². The normalized spacial score (nSPS) is 14.0. The first-order valence-corrected chi connectivity index (χ1v) is 9.35. The van der Waals surface area contributed by atoms with Crippen LogP contribution in [0.15, 0.2) is 55.1 Å². The first-order valence-electron chi connectivity index (χ1n) is 9.35. The number of imidazole rings is 1. The Morgan fingerprint density at radius 2 is 1.72 bits per heavy atom. The van der Waals surface area contributed by atoms with Gasteiger partial charge < -0.3 is 19.3 Å². The Morgan fingerprint density at radius 1 is 1.00 bits per heavy atom. The topological polar surface area (TPSA) is 85.6 Å². The van der Waals surface area contributed by atoms with E-state index in [1.807, 2.05) is 30.5 Å². The number of hydrogen-bond donors (Lipinski definition) is 0. The van der Waals surface area contributed by atoms with Gasteiger partial charge in [0.2, 0.25) is 0 Å². The van der Waals surface area contributed by atoms with Gasteiger partial charge >= 0.3 is 0 Å². The molecule has 1 fully saturated rings. The molecule has 0 spiro atoms. The van der Waals surface area contributed by atoms with E-state index in [9.17, 15) is 4.79 Å². The van der Waals surface area contributed by atoms with Gasteiger partial charge in [0.1, 0.15) is 6.33 Å². The lowest BCUT2D eigenvalue weighted by Gasteiger charge is -2.35. The number of ether oxygens (including phenoxy) is 2. The molecule has 1 saturated heterocycles. The van der Waals surface area contributed by atoms with E-state index in [1.54, 1.807) is 41.2 Å². The number of anilines is 1. The molecule has 0 bridgehead atoms. The van der Waals surface area contributed by atoms with Crippen LogP contribution in [0.2, 0.25) is 0 Å². The van der Waals surface area contributed by atoms with Gasteiger partial charge in [0.25, 0.3) is 5.91 Å². The first kappa shape index (κ1) is 18.7. The second kappa shape index (κ2) is 8.59. The number of hydrogen-bond acceptors (Lipinski definition) is 7. The van der Waals surface area contributed by atoms with E-state index in [2.05, 4.69) is 20.1 Å². The van der Waals surface area contributed by atoms with Crippen LogP contribution in [0.25, 0.3) is 5.82 Å². The highest BCUT2D eigenvalue weighted by molar-refractivity contribution is 5.78. The first-order chi connectivity index (χ1) is 14.2. The number of para-hydroxylation sites is 2. The molecule has 1 amide bonds. The molecule has 1 aromatic carbocycles. The lowest BCUT2D eigenvalue weighted by Crippen LogP contribution is -2.50. The molecule has 0 aliphatic carbocycles. The van der Waals surface area contributed by atoms with Gasteiger partial charge in [-0.1, -0.05) is 12.1 Å². The van der Waals surface area contributed by atoms with E-state index >= 15 is 0 Å². The summed E-state index contributed by atoms with van der Waals surface area (Å²) in [7, 11) is 1.58. The van der Waals surface area contributed by atoms with Crippen LogP contribution in [0, 0.1) is 0 Å². The van der Waals surface area contributed by atoms with Crippen molar-refractivity contribution in [3.8, 4) is 17.3 Å². The Bertz CT molecular complexity index is 937. The number of benzene rings is 1. The van der Waals surface area contributed by atoms with Gasteiger partial charge in [0.05, 0.1) is 7.11 Å². The average Bonchev–Trinajstić information content (AvgIpc) is 3.33. The molecule has 3 heterocycles. The summed E-state index contributed by atoms with van der Waals surface area (Å²) in [5.74, 6) is 2.65. The number of nitrogens with zero attached hydrogens (tertiary/aromatic N) is 6. The predicted molar refractivity (Wildman–Crippen MR) is 106 cm³/mol. The molecule has 9 heteroatoms. The second-order valence-corrected chi connectivity index (χ2v) is 6.53. The Kier molecular flexibility index (Phi) is 5.55. The zero-order valence-electron chi connectivity index (χ0n) is 16.1. The van der Waals surface area contributed by atoms with Gasteiger partial charge in [0, 0.05) is 38.6 Å².